The van der Waals surface area contributed by atoms with Gasteiger partial charge in [-0.25, -0.2) is 9.37 Å². The molecular weight excluding hydrogens is 638 g/mol. The van der Waals surface area contributed by atoms with E-state index >= 15 is 4.39 Å². The normalized spacial score (nSPS) is 21.7. The Morgan fingerprint density at radius 2 is 2.00 bits per heavy atom. The number of rotatable bonds is 8. The summed E-state index contributed by atoms with van der Waals surface area (Å²) in [7, 11) is 2.10. The van der Waals surface area contributed by atoms with Crippen molar-refractivity contribution < 1.29 is 13.9 Å². The SMILES string of the molecule is CC(=O)N1CCCC1c1cc2c(OCC3CCCN3C)nc3c(F)c(-c4cccc(Cl)c4Cl)c(CCC#N)cc3c2n1C1CCNC1. The molecule has 11 heteroatoms. The molecule has 2 aromatic carbocycles. The van der Waals surface area contributed by atoms with Gasteiger partial charge in [-0.1, -0.05) is 35.3 Å². The van der Waals surface area contributed by atoms with Crippen LogP contribution in [0.5, 0.6) is 5.88 Å². The number of nitrogens with zero attached hydrogens (tertiary/aromatic N) is 5. The molecule has 246 valence electrons. The molecule has 7 rings (SSSR count). The molecular formula is C36H39Cl2FN6O2. The molecule has 5 heterocycles. The summed E-state index contributed by atoms with van der Waals surface area (Å²) in [6.07, 6.45) is 5.33. The van der Waals surface area contributed by atoms with Crippen LogP contribution in [0.15, 0.2) is 30.3 Å². The summed E-state index contributed by atoms with van der Waals surface area (Å²) in [5.74, 6) is -0.0854. The van der Waals surface area contributed by atoms with Gasteiger partial charge in [-0.15, -0.1) is 0 Å². The summed E-state index contributed by atoms with van der Waals surface area (Å²) < 4.78 is 26.2. The maximum atomic E-state index is 17.3. The molecule has 2 aromatic heterocycles. The molecule has 3 aliphatic rings. The van der Waals surface area contributed by atoms with Gasteiger partial charge in [-0.2, -0.15) is 5.26 Å². The molecule has 1 N–H and O–H groups in total. The predicted octanol–water partition coefficient (Wildman–Crippen LogP) is 7.45. The molecule has 3 aliphatic heterocycles. The van der Waals surface area contributed by atoms with Gasteiger partial charge in [0.25, 0.3) is 0 Å². The number of likely N-dealkylation sites (tertiary alicyclic amines) is 2. The first-order chi connectivity index (χ1) is 22.8. The fraction of sp³-hybridized carbons (Fsp3) is 0.472. The van der Waals surface area contributed by atoms with E-state index < -0.39 is 5.82 Å². The van der Waals surface area contributed by atoms with Crippen molar-refractivity contribution in [3.63, 3.8) is 0 Å². The van der Waals surface area contributed by atoms with Crippen molar-refractivity contribution in [3.8, 4) is 23.1 Å². The van der Waals surface area contributed by atoms with Crippen LogP contribution in [-0.4, -0.2) is 71.1 Å². The van der Waals surface area contributed by atoms with E-state index in [0.717, 1.165) is 68.3 Å². The van der Waals surface area contributed by atoms with Gasteiger partial charge < -0.3 is 24.4 Å². The Morgan fingerprint density at radius 1 is 1.17 bits per heavy atom. The molecule has 0 spiro atoms. The fourth-order valence-corrected chi connectivity index (χ4v) is 8.33. The number of nitrogens with one attached hydrogen (secondary N) is 1. The Kier molecular flexibility index (Phi) is 9.05. The average Bonchev–Trinajstić information content (AvgIpc) is 3.87. The molecule has 3 unspecified atom stereocenters. The lowest BCUT2D eigenvalue weighted by Crippen LogP contribution is -2.30. The maximum absolute atomic E-state index is 17.3. The van der Waals surface area contributed by atoms with Gasteiger partial charge >= 0.3 is 0 Å². The Hall–Kier alpha value is -3.42. The number of fused-ring (bicyclic) bond motifs is 3. The quantitative estimate of drug-likeness (QED) is 0.209. The van der Waals surface area contributed by atoms with Crippen LogP contribution in [-0.2, 0) is 11.2 Å². The van der Waals surface area contributed by atoms with Crippen LogP contribution in [0.4, 0.5) is 4.39 Å². The van der Waals surface area contributed by atoms with Crippen molar-refractivity contribution in [1.29, 1.82) is 5.26 Å². The molecule has 47 heavy (non-hydrogen) atoms. The minimum Gasteiger partial charge on any atom is -0.476 e. The lowest BCUT2D eigenvalue weighted by atomic mass is 9.93. The standard InChI is InChI=1S/C36H39Cl2FN6O2/c1-21(46)44-16-6-11-29(44)30-18-27-35(45(30)23-12-14-41-19-23)26-17-22(7-4-13-40)31(25-9-3-10-28(37)32(25)38)33(39)34(26)42-36(27)47-20-24-8-5-15-43(24)2/h3,9-10,17-18,23-24,29,41H,4-8,11-12,14-16,19-20H2,1-2H3. The minimum atomic E-state index is -0.519. The lowest BCUT2D eigenvalue weighted by Gasteiger charge is -2.27. The number of nitriles is 1. The number of benzene rings is 2. The summed E-state index contributed by atoms with van der Waals surface area (Å²) in [6, 6.07) is 11.7. The van der Waals surface area contributed by atoms with Crippen LogP contribution < -0.4 is 10.1 Å². The molecule has 0 radical (unpaired) electrons. The summed E-state index contributed by atoms with van der Waals surface area (Å²) in [6.45, 7) is 5.41. The first-order valence-corrected chi connectivity index (χ1v) is 17.4. The highest BCUT2D eigenvalue weighted by Gasteiger charge is 2.35. The van der Waals surface area contributed by atoms with Crippen molar-refractivity contribution in [3.05, 3.63) is 57.5 Å². The second-order valence-corrected chi connectivity index (χ2v) is 13.9. The number of hydrogen-bond donors (Lipinski definition) is 1. The molecule has 3 atom stereocenters. The largest absolute Gasteiger partial charge is 0.476 e. The van der Waals surface area contributed by atoms with Gasteiger partial charge in [-0.05, 0) is 82.4 Å². The second kappa shape index (κ2) is 13.2. The number of aryl methyl sites for hydroxylation is 1. The molecule has 0 aliphatic carbocycles. The monoisotopic (exact) mass is 676 g/mol. The number of pyridine rings is 1. The highest BCUT2D eigenvalue weighted by atomic mass is 35.5. The summed E-state index contributed by atoms with van der Waals surface area (Å²) in [5, 5.41) is 15.1. The third-order valence-electron chi connectivity index (χ3n) is 10.3. The number of ether oxygens (including phenoxy) is 1. The molecule has 4 aromatic rings. The zero-order valence-electron chi connectivity index (χ0n) is 26.8. The summed E-state index contributed by atoms with van der Waals surface area (Å²) in [5.41, 5.74) is 3.49. The smallest absolute Gasteiger partial charge is 0.223 e. The van der Waals surface area contributed by atoms with E-state index in [1.807, 2.05) is 11.0 Å². The van der Waals surface area contributed by atoms with Crippen molar-refractivity contribution >= 4 is 50.9 Å². The van der Waals surface area contributed by atoms with E-state index in [1.54, 1.807) is 25.1 Å². The Bertz CT molecular complexity index is 1900. The lowest BCUT2D eigenvalue weighted by molar-refractivity contribution is -0.129. The number of carbonyl (C=O) groups excluding carboxylic acids is 1. The highest BCUT2D eigenvalue weighted by Crippen LogP contribution is 2.46. The van der Waals surface area contributed by atoms with Crippen molar-refractivity contribution in [2.24, 2.45) is 0 Å². The van der Waals surface area contributed by atoms with Gasteiger partial charge in [0.05, 0.1) is 33.1 Å². The molecule has 3 saturated heterocycles. The summed E-state index contributed by atoms with van der Waals surface area (Å²) >= 11 is 13.1. The van der Waals surface area contributed by atoms with E-state index in [1.165, 1.54) is 0 Å². The van der Waals surface area contributed by atoms with Crippen LogP contribution in [0, 0.1) is 17.1 Å². The van der Waals surface area contributed by atoms with E-state index in [4.69, 9.17) is 32.9 Å². The Labute approximate surface area is 284 Å². The zero-order valence-corrected chi connectivity index (χ0v) is 28.3. The van der Waals surface area contributed by atoms with Crippen LogP contribution >= 0.6 is 23.2 Å². The first kappa shape index (κ1) is 32.1. The number of aromatic nitrogens is 2. The fourth-order valence-electron chi connectivity index (χ4n) is 7.94. The van der Waals surface area contributed by atoms with E-state index in [2.05, 4.69) is 34.0 Å². The van der Waals surface area contributed by atoms with Crippen molar-refractivity contribution in [2.45, 2.75) is 70.0 Å². The Morgan fingerprint density at radius 3 is 2.72 bits per heavy atom. The van der Waals surface area contributed by atoms with Crippen LogP contribution in [0.3, 0.4) is 0 Å². The van der Waals surface area contributed by atoms with Gasteiger partial charge in [0, 0.05) is 60.7 Å². The third kappa shape index (κ3) is 5.73. The minimum absolute atomic E-state index is 0.0467. The number of amides is 1. The van der Waals surface area contributed by atoms with Gasteiger partial charge in [0.2, 0.25) is 11.8 Å². The number of carbonyl (C=O) groups is 1. The average molecular weight is 678 g/mol. The second-order valence-electron chi connectivity index (χ2n) is 13.1. The van der Waals surface area contributed by atoms with E-state index in [9.17, 15) is 10.1 Å². The zero-order chi connectivity index (χ0) is 32.8. The predicted molar refractivity (Wildman–Crippen MR) is 184 cm³/mol. The Balaban J connectivity index is 1.54. The van der Waals surface area contributed by atoms with E-state index in [-0.39, 0.29) is 41.0 Å². The van der Waals surface area contributed by atoms with Crippen molar-refractivity contribution in [1.82, 2.24) is 24.7 Å². The molecule has 0 saturated carbocycles. The highest BCUT2D eigenvalue weighted by molar-refractivity contribution is 6.43. The van der Waals surface area contributed by atoms with Crippen molar-refractivity contribution in [2.75, 3.05) is 39.8 Å². The van der Waals surface area contributed by atoms with E-state index in [0.29, 0.717) is 52.6 Å². The maximum Gasteiger partial charge on any atom is 0.223 e. The number of likely N-dealkylation sites (N-methyl/N-ethyl adjacent to an activating group) is 1. The van der Waals surface area contributed by atoms with Gasteiger partial charge in [0.15, 0.2) is 5.82 Å². The van der Waals surface area contributed by atoms with Crippen LogP contribution in [0.2, 0.25) is 10.0 Å². The number of halogens is 3. The first-order valence-electron chi connectivity index (χ1n) is 16.6. The van der Waals surface area contributed by atoms with Crippen LogP contribution in [0.1, 0.15) is 68.8 Å². The summed E-state index contributed by atoms with van der Waals surface area (Å²) in [4.78, 5) is 22.0. The van der Waals surface area contributed by atoms with Crippen LogP contribution in [0.25, 0.3) is 32.9 Å². The molecule has 3 fully saturated rings. The number of hydrogen-bond acceptors (Lipinski definition) is 6. The third-order valence-corrected chi connectivity index (χ3v) is 11.1. The molecule has 1 amide bonds. The topological polar surface area (TPSA) is 86.4 Å². The molecule has 8 nitrogen and oxygen atoms in total. The van der Waals surface area contributed by atoms with Gasteiger partial charge in [-0.3, -0.25) is 4.79 Å². The molecule has 0 bridgehead atoms. The van der Waals surface area contributed by atoms with Gasteiger partial charge in [0.1, 0.15) is 12.1 Å².